The van der Waals surface area contributed by atoms with Crippen LogP contribution in [0.25, 0.3) is 10.2 Å². The van der Waals surface area contributed by atoms with E-state index in [1.165, 1.54) is 22.5 Å². The van der Waals surface area contributed by atoms with Gasteiger partial charge in [0.1, 0.15) is 0 Å². The maximum absolute atomic E-state index is 12.3. The Morgan fingerprint density at radius 1 is 0.950 bits per heavy atom. The number of nitrogens with zero attached hydrogens (tertiary/aromatic N) is 2. The quantitative estimate of drug-likeness (QED) is 0.686. The molecule has 2 heterocycles. The molecule has 20 heavy (non-hydrogen) atoms. The van der Waals surface area contributed by atoms with Crippen molar-refractivity contribution >= 4 is 21.6 Å². The number of thiazole rings is 1. The van der Waals surface area contributed by atoms with Crippen molar-refractivity contribution in [3.63, 3.8) is 0 Å². The summed E-state index contributed by atoms with van der Waals surface area (Å²) in [6, 6.07) is 16.5. The molecule has 4 heteroatoms. The standard InChI is InChI=1S/C16H14N2OS/c19-16-18(14-7-3-4-8-15(14)20-16)17-10-9-12-5-1-2-6-13(12)11-17/h1-8H,9-11H2. The van der Waals surface area contributed by atoms with Crippen LogP contribution in [0.15, 0.2) is 53.3 Å². The highest BCUT2D eigenvalue weighted by molar-refractivity contribution is 7.16. The van der Waals surface area contributed by atoms with E-state index in [-0.39, 0.29) is 4.87 Å². The number of hydrogen-bond donors (Lipinski definition) is 0. The third kappa shape index (κ3) is 1.76. The second-order valence-corrected chi connectivity index (χ2v) is 6.05. The van der Waals surface area contributed by atoms with Crippen LogP contribution >= 0.6 is 11.3 Å². The van der Waals surface area contributed by atoms with Crippen molar-refractivity contribution in [3.8, 4) is 0 Å². The van der Waals surface area contributed by atoms with Gasteiger partial charge in [-0.2, -0.15) is 0 Å². The van der Waals surface area contributed by atoms with Crippen LogP contribution in [0.4, 0.5) is 0 Å². The minimum absolute atomic E-state index is 0.102. The van der Waals surface area contributed by atoms with E-state index >= 15 is 0 Å². The third-order valence-corrected chi connectivity index (χ3v) is 4.77. The van der Waals surface area contributed by atoms with E-state index in [1.54, 1.807) is 0 Å². The van der Waals surface area contributed by atoms with Gasteiger partial charge in [0.2, 0.25) is 0 Å². The summed E-state index contributed by atoms with van der Waals surface area (Å²) < 4.78 is 2.90. The third-order valence-electron chi connectivity index (χ3n) is 3.86. The summed E-state index contributed by atoms with van der Waals surface area (Å²) in [6.45, 7) is 1.69. The Bertz CT molecular complexity index is 834. The first-order valence-electron chi connectivity index (χ1n) is 6.75. The van der Waals surface area contributed by atoms with Crippen LogP contribution in [0.5, 0.6) is 0 Å². The normalized spacial score (nSPS) is 14.5. The Morgan fingerprint density at radius 2 is 1.70 bits per heavy atom. The molecule has 0 unspecified atom stereocenters. The minimum atomic E-state index is 0.102. The summed E-state index contributed by atoms with van der Waals surface area (Å²) in [7, 11) is 0. The molecule has 0 N–H and O–H groups in total. The van der Waals surface area contributed by atoms with Gasteiger partial charge in [-0.25, -0.2) is 4.68 Å². The number of aromatic nitrogens is 1. The van der Waals surface area contributed by atoms with Gasteiger partial charge in [-0.1, -0.05) is 47.7 Å². The van der Waals surface area contributed by atoms with Crippen molar-refractivity contribution in [3.05, 3.63) is 69.3 Å². The first kappa shape index (κ1) is 11.7. The minimum Gasteiger partial charge on any atom is -0.304 e. The van der Waals surface area contributed by atoms with E-state index < -0.39 is 0 Å². The van der Waals surface area contributed by atoms with E-state index in [4.69, 9.17) is 0 Å². The summed E-state index contributed by atoms with van der Waals surface area (Å²) >= 11 is 1.32. The SMILES string of the molecule is O=c1sc2ccccc2n1N1CCc2ccccc2C1. The van der Waals surface area contributed by atoms with Gasteiger partial charge in [0.25, 0.3) is 0 Å². The van der Waals surface area contributed by atoms with Crippen LogP contribution in [-0.4, -0.2) is 11.2 Å². The molecule has 2 aromatic carbocycles. The lowest BCUT2D eigenvalue weighted by molar-refractivity contribution is 0.561. The maximum atomic E-state index is 12.3. The van der Waals surface area contributed by atoms with Gasteiger partial charge >= 0.3 is 4.87 Å². The highest BCUT2D eigenvalue weighted by Gasteiger charge is 2.19. The van der Waals surface area contributed by atoms with Crippen LogP contribution < -0.4 is 9.88 Å². The van der Waals surface area contributed by atoms with Gasteiger partial charge in [0.15, 0.2) is 0 Å². The Hall–Kier alpha value is -2.07. The van der Waals surface area contributed by atoms with E-state index in [0.29, 0.717) is 0 Å². The number of fused-ring (bicyclic) bond motifs is 2. The Balaban J connectivity index is 1.82. The number of benzene rings is 2. The number of rotatable bonds is 1. The molecule has 0 bridgehead atoms. The molecule has 0 amide bonds. The molecular formula is C16H14N2OS. The topological polar surface area (TPSA) is 25.2 Å². The molecule has 100 valence electrons. The van der Waals surface area contributed by atoms with E-state index in [1.807, 2.05) is 28.9 Å². The lowest BCUT2D eigenvalue weighted by Crippen LogP contribution is -2.43. The molecule has 0 spiro atoms. The molecular weight excluding hydrogens is 268 g/mol. The summed E-state index contributed by atoms with van der Waals surface area (Å²) in [4.78, 5) is 12.4. The van der Waals surface area contributed by atoms with Crippen molar-refractivity contribution in [2.24, 2.45) is 0 Å². The predicted molar refractivity (Wildman–Crippen MR) is 83.0 cm³/mol. The zero-order valence-electron chi connectivity index (χ0n) is 11.0. The monoisotopic (exact) mass is 282 g/mol. The second-order valence-electron chi connectivity index (χ2n) is 5.05. The summed E-state index contributed by atoms with van der Waals surface area (Å²) in [5.41, 5.74) is 3.74. The Morgan fingerprint density at radius 3 is 2.60 bits per heavy atom. The van der Waals surface area contributed by atoms with E-state index in [0.717, 1.165) is 29.7 Å². The zero-order valence-corrected chi connectivity index (χ0v) is 11.8. The highest BCUT2D eigenvalue weighted by Crippen LogP contribution is 2.21. The van der Waals surface area contributed by atoms with Crippen LogP contribution in [0, 0.1) is 0 Å². The molecule has 0 atom stereocenters. The highest BCUT2D eigenvalue weighted by atomic mass is 32.1. The average Bonchev–Trinajstić information content (AvgIpc) is 2.82. The van der Waals surface area contributed by atoms with Gasteiger partial charge in [0, 0.05) is 6.54 Å². The maximum Gasteiger partial charge on any atom is 0.326 e. The van der Waals surface area contributed by atoms with Gasteiger partial charge < -0.3 is 5.01 Å². The summed E-state index contributed by atoms with van der Waals surface area (Å²) in [6.07, 6.45) is 0.993. The van der Waals surface area contributed by atoms with Crippen LogP contribution in [0.2, 0.25) is 0 Å². The van der Waals surface area contributed by atoms with Crippen LogP contribution in [0.1, 0.15) is 11.1 Å². The molecule has 1 aliphatic heterocycles. The smallest absolute Gasteiger partial charge is 0.304 e. The molecule has 0 aliphatic carbocycles. The molecule has 4 rings (SSSR count). The van der Waals surface area contributed by atoms with Crippen molar-refractivity contribution < 1.29 is 0 Å². The molecule has 3 aromatic rings. The first-order chi connectivity index (χ1) is 9.83. The average molecular weight is 282 g/mol. The number of para-hydroxylation sites is 1. The largest absolute Gasteiger partial charge is 0.326 e. The van der Waals surface area contributed by atoms with Crippen molar-refractivity contribution in [1.29, 1.82) is 0 Å². The Labute approximate surface area is 120 Å². The molecule has 1 aromatic heterocycles. The van der Waals surface area contributed by atoms with Crippen molar-refractivity contribution in [1.82, 2.24) is 4.68 Å². The van der Waals surface area contributed by atoms with E-state index in [2.05, 4.69) is 29.3 Å². The lowest BCUT2D eigenvalue weighted by atomic mass is 10.0. The first-order valence-corrected chi connectivity index (χ1v) is 7.57. The fraction of sp³-hybridized carbons (Fsp3) is 0.188. The summed E-state index contributed by atoms with van der Waals surface area (Å²) in [5.74, 6) is 0. The molecule has 0 saturated heterocycles. The molecule has 0 radical (unpaired) electrons. The fourth-order valence-corrected chi connectivity index (χ4v) is 3.77. The van der Waals surface area contributed by atoms with Crippen molar-refractivity contribution in [2.45, 2.75) is 13.0 Å². The van der Waals surface area contributed by atoms with E-state index in [9.17, 15) is 4.79 Å². The predicted octanol–water partition coefficient (Wildman–Crippen LogP) is 2.76. The van der Waals surface area contributed by atoms with Gasteiger partial charge in [-0.05, 0) is 29.7 Å². The van der Waals surface area contributed by atoms with Crippen LogP contribution in [0.3, 0.4) is 0 Å². The second kappa shape index (κ2) is 4.49. The number of hydrogen-bond acceptors (Lipinski definition) is 3. The molecule has 0 saturated carbocycles. The van der Waals surface area contributed by atoms with Gasteiger partial charge in [0.05, 0.1) is 16.8 Å². The lowest BCUT2D eigenvalue weighted by Gasteiger charge is -2.31. The molecule has 3 nitrogen and oxygen atoms in total. The fourth-order valence-electron chi connectivity index (χ4n) is 2.87. The molecule has 1 aliphatic rings. The summed E-state index contributed by atoms with van der Waals surface area (Å²) in [5, 5.41) is 2.16. The van der Waals surface area contributed by atoms with Crippen LogP contribution in [-0.2, 0) is 13.0 Å². The zero-order chi connectivity index (χ0) is 13.5. The van der Waals surface area contributed by atoms with Gasteiger partial charge in [-0.3, -0.25) is 4.79 Å². The Kier molecular flexibility index (Phi) is 2.63. The molecule has 0 fully saturated rings. The van der Waals surface area contributed by atoms with Gasteiger partial charge in [-0.15, -0.1) is 0 Å². The van der Waals surface area contributed by atoms with Crippen molar-refractivity contribution in [2.75, 3.05) is 11.6 Å².